The summed E-state index contributed by atoms with van der Waals surface area (Å²) in [5.41, 5.74) is 2.96. The standard InChI is InChI=1S/C21H21N3O4/c1-24-13-15(20(23-24)14-7-9-22-10-8-14)5-6-17(25)16-11-18(26-2)21(28-4)19(12-16)27-3/h5-13H,1-4H3/b6-5+. The first-order valence-electron chi connectivity index (χ1n) is 8.53. The number of methoxy groups -OCH3 is 3. The van der Waals surface area contributed by atoms with Crippen LogP contribution in [0.5, 0.6) is 17.2 Å². The minimum Gasteiger partial charge on any atom is -0.493 e. The third-order valence-electron chi connectivity index (χ3n) is 4.17. The maximum Gasteiger partial charge on any atom is 0.203 e. The number of ether oxygens (including phenoxy) is 3. The molecule has 0 fully saturated rings. The fraction of sp³-hybridized carbons (Fsp3) is 0.190. The van der Waals surface area contributed by atoms with Crippen LogP contribution >= 0.6 is 0 Å². The second-order valence-electron chi connectivity index (χ2n) is 5.95. The van der Waals surface area contributed by atoms with E-state index in [1.807, 2.05) is 25.4 Å². The molecule has 144 valence electrons. The zero-order valence-electron chi connectivity index (χ0n) is 16.2. The van der Waals surface area contributed by atoms with Gasteiger partial charge in [0.15, 0.2) is 17.3 Å². The maximum atomic E-state index is 12.7. The molecule has 0 bridgehead atoms. The number of pyridine rings is 1. The van der Waals surface area contributed by atoms with E-state index in [-0.39, 0.29) is 5.78 Å². The molecule has 2 heterocycles. The summed E-state index contributed by atoms with van der Waals surface area (Å²) in [6.07, 6.45) is 8.52. The monoisotopic (exact) mass is 379 g/mol. The summed E-state index contributed by atoms with van der Waals surface area (Å²) in [6, 6.07) is 7.00. The molecule has 1 aromatic carbocycles. The Morgan fingerprint density at radius 2 is 1.68 bits per heavy atom. The largest absolute Gasteiger partial charge is 0.493 e. The molecule has 28 heavy (non-hydrogen) atoms. The van der Waals surface area contributed by atoms with E-state index in [9.17, 15) is 4.79 Å². The average molecular weight is 379 g/mol. The Morgan fingerprint density at radius 1 is 1.04 bits per heavy atom. The smallest absolute Gasteiger partial charge is 0.203 e. The topological polar surface area (TPSA) is 75.5 Å². The summed E-state index contributed by atoms with van der Waals surface area (Å²) in [7, 11) is 6.38. The van der Waals surface area contributed by atoms with E-state index in [2.05, 4.69) is 10.1 Å². The Bertz CT molecular complexity index is 985. The van der Waals surface area contributed by atoms with Crippen LogP contribution in [0.4, 0.5) is 0 Å². The number of aromatic nitrogens is 3. The number of benzene rings is 1. The molecule has 7 heteroatoms. The van der Waals surface area contributed by atoms with Crippen molar-refractivity contribution in [2.75, 3.05) is 21.3 Å². The molecule has 3 aromatic rings. The number of carbonyl (C=O) groups is 1. The van der Waals surface area contributed by atoms with E-state index in [0.717, 1.165) is 16.8 Å². The first-order chi connectivity index (χ1) is 13.6. The molecule has 0 saturated heterocycles. The van der Waals surface area contributed by atoms with Gasteiger partial charge in [-0.3, -0.25) is 14.5 Å². The molecular formula is C21H21N3O4. The van der Waals surface area contributed by atoms with Gasteiger partial charge < -0.3 is 14.2 Å². The van der Waals surface area contributed by atoms with Crippen LogP contribution in [-0.2, 0) is 7.05 Å². The van der Waals surface area contributed by atoms with E-state index in [4.69, 9.17) is 14.2 Å². The van der Waals surface area contributed by atoms with Crippen LogP contribution in [0.3, 0.4) is 0 Å². The predicted octanol–water partition coefficient (Wildman–Crippen LogP) is 3.40. The molecule has 0 spiro atoms. The van der Waals surface area contributed by atoms with Crippen molar-refractivity contribution in [2.24, 2.45) is 7.05 Å². The van der Waals surface area contributed by atoms with Gasteiger partial charge in [0.25, 0.3) is 0 Å². The molecule has 2 aromatic heterocycles. The number of ketones is 1. The quantitative estimate of drug-likeness (QED) is 0.463. The van der Waals surface area contributed by atoms with Crippen LogP contribution < -0.4 is 14.2 Å². The Hall–Kier alpha value is -3.61. The molecule has 0 atom stereocenters. The fourth-order valence-corrected chi connectivity index (χ4v) is 2.85. The maximum absolute atomic E-state index is 12.7. The van der Waals surface area contributed by atoms with Gasteiger partial charge in [-0.1, -0.05) is 0 Å². The van der Waals surface area contributed by atoms with Crippen molar-refractivity contribution in [1.82, 2.24) is 14.8 Å². The number of hydrogen-bond donors (Lipinski definition) is 0. The zero-order valence-corrected chi connectivity index (χ0v) is 16.2. The summed E-state index contributed by atoms with van der Waals surface area (Å²) in [6.45, 7) is 0. The highest BCUT2D eigenvalue weighted by atomic mass is 16.5. The van der Waals surface area contributed by atoms with Gasteiger partial charge in [0, 0.05) is 42.3 Å². The highest BCUT2D eigenvalue weighted by Crippen LogP contribution is 2.38. The molecule has 0 amide bonds. The van der Waals surface area contributed by atoms with Crippen molar-refractivity contribution < 1.29 is 19.0 Å². The number of nitrogens with zero attached hydrogens (tertiary/aromatic N) is 3. The van der Waals surface area contributed by atoms with Crippen molar-refractivity contribution in [2.45, 2.75) is 0 Å². The van der Waals surface area contributed by atoms with Gasteiger partial charge in [0.05, 0.1) is 27.0 Å². The predicted molar refractivity (Wildman–Crippen MR) is 106 cm³/mol. The minimum atomic E-state index is -0.191. The molecule has 0 aliphatic rings. The van der Waals surface area contributed by atoms with Crippen molar-refractivity contribution in [1.29, 1.82) is 0 Å². The summed E-state index contributed by atoms with van der Waals surface area (Å²) in [5.74, 6) is 1.11. The molecule has 0 saturated carbocycles. The third-order valence-corrected chi connectivity index (χ3v) is 4.17. The van der Waals surface area contributed by atoms with Gasteiger partial charge in [0.2, 0.25) is 5.75 Å². The van der Waals surface area contributed by atoms with Crippen molar-refractivity contribution >= 4 is 11.9 Å². The lowest BCUT2D eigenvalue weighted by Gasteiger charge is -2.13. The van der Waals surface area contributed by atoms with Gasteiger partial charge in [0.1, 0.15) is 0 Å². The van der Waals surface area contributed by atoms with Crippen LogP contribution in [0.25, 0.3) is 17.3 Å². The van der Waals surface area contributed by atoms with Crippen molar-refractivity contribution in [3.8, 4) is 28.5 Å². The first kappa shape index (κ1) is 19.2. The van der Waals surface area contributed by atoms with Crippen LogP contribution in [0.2, 0.25) is 0 Å². The van der Waals surface area contributed by atoms with E-state index in [1.165, 1.54) is 27.4 Å². The Labute approximate surface area is 163 Å². The average Bonchev–Trinajstić information content (AvgIpc) is 3.11. The fourth-order valence-electron chi connectivity index (χ4n) is 2.85. The van der Waals surface area contributed by atoms with Gasteiger partial charge in [-0.15, -0.1) is 0 Å². The lowest BCUT2D eigenvalue weighted by molar-refractivity contribution is 0.104. The van der Waals surface area contributed by atoms with Crippen molar-refractivity contribution in [3.05, 3.63) is 60.1 Å². The Morgan fingerprint density at radius 3 is 2.25 bits per heavy atom. The third kappa shape index (κ3) is 3.88. The molecule has 0 unspecified atom stereocenters. The minimum absolute atomic E-state index is 0.191. The van der Waals surface area contributed by atoms with E-state index < -0.39 is 0 Å². The second-order valence-corrected chi connectivity index (χ2v) is 5.95. The van der Waals surface area contributed by atoms with Gasteiger partial charge in [-0.2, -0.15) is 5.10 Å². The highest BCUT2D eigenvalue weighted by Gasteiger charge is 2.16. The molecule has 7 nitrogen and oxygen atoms in total. The van der Waals surface area contributed by atoms with Gasteiger partial charge in [-0.05, 0) is 36.4 Å². The Kier molecular flexibility index (Phi) is 5.74. The first-order valence-corrected chi connectivity index (χ1v) is 8.53. The van der Waals surface area contributed by atoms with E-state index >= 15 is 0 Å². The number of allylic oxidation sites excluding steroid dienone is 1. The number of hydrogen-bond acceptors (Lipinski definition) is 6. The lowest BCUT2D eigenvalue weighted by Crippen LogP contribution is -2.00. The second kappa shape index (κ2) is 8.39. The normalized spacial score (nSPS) is 10.9. The Balaban J connectivity index is 1.93. The van der Waals surface area contributed by atoms with Crippen LogP contribution in [0.15, 0.2) is 48.9 Å². The van der Waals surface area contributed by atoms with Crippen LogP contribution in [0, 0.1) is 0 Å². The van der Waals surface area contributed by atoms with Crippen LogP contribution in [-0.4, -0.2) is 41.9 Å². The SMILES string of the molecule is COc1cc(C(=O)/C=C/c2cn(C)nc2-c2ccncc2)cc(OC)c1OC. The summed E-state index contributed by atoms with van der Waals surface area (Å²) in [4.78, 5) is 16.8. The summed E-state index contributed by atoms with van der Waals surface area (Å²) < 4.78 is 17.6. The van der Waals surface area contributed by atoms with Crippen LogP contribution in [0.1, 0.15) is 15.9 Å². The highest BCUT2D eigenvalue weighted by molar-refractivity contribution is 6.07. The molecular weight excluding hydrogens is 358 g/mol. The molecule has 3 rings (SSSR count). The lowest BCUT2D eigenvalue weighted by atomic mass is 10.1. The molecule has 0 N–H and O–H groups in total. The van der Waals surface area contributed by atoms with Gasteiger partial charge in [-0.25, -0.2) is 0 Å². The summed E-state index contributed by atoms with van der Waals surface area (Å²) >= 11 is 0. The molecule has 0 aliphatic carbocycles. The van der Waals surface area contributed by atoms with E-state index in [0.29, 0.717) is 22.8 Å². The molecule has 0 aliphatic heterocycles. The number of carbonyl (C=O) groups excluding carboxylic acids is 1. The molecule has 0 radical (unpaired) electrons. The summed E-state index contributed by atoms with van der Waals surface area (Å²) in [5, 5.41) is 4.48. The number of aryl methyl sites for hydroxylation is 1. The number of rotatable bonds is 7. The van der Waals surface area contributed by atoms with E-state index in [1.54, 1.807) is 35.3 Å². The van der Waals surface area contributed by atoms with Gasteiger partial charge >= 0.3 is 0 Å². The zero-order chi connectivity index (χ0) is 20.1. The van der Waals surface area contributed by atoms with Crippen molar-refractivity contribution in [3.63, 3.8) is 0 Å².